The van der Waals surface area contributed by atoms with E-state index in [0.29, 0.717) is 5.92 Å². The zero-order valence-electron chi connectivity index (χ0n) is 19.6. The Morgan fingerprint density at radius 3 is 2.15 bits per heavy atom. The minimum Gasteiger partial charge on any atom is -0.457 e. The van der Waals surface area contributed by atoms with Gasteiger partial charge in [-0.3, -0.25) is 4.90 Å². The summed E-state index contributed by atoms with van der Waals surface area (Å²) in [6.45, 7) is 5.48. The summed E-state index contributed by atoms with van der Waals surface area (Å²) < 4.78 is 6.16. The molecule has 4 nitrogen and oxygen atoms in total. The Balaban J connectivity index is 1.02. The number of anilines is 1. The minimum atomic E-state index is 0.428. The number of aromatic nitrogens is 1. The SMILES string of the molecule is c1ccc2c(c1)Oc1ccccc1C2CCCCN1CCN(c2ccc3ccccc3n2)CC1. The summed E-state index contributed by atoms with van der Waals surface area (Å²) in [4.78, 5) is 9.93. The van der Waals surface area contributed by atoms with Crippen LogP contribution in [0.4, 0.5) is 5.82 Å². The molecule has 1 saturated heterocycles. The van der Waals surface area contributed by atoms with E-state index in [1.807, 2.05) is 0 Å². The molecule has 0 bridgehead atoms. The molecule has 172 valence electrons. The molecular formula is C30H31N3O. The van der Waals surface area contributed by atoms with Gasteiger partial charge in [0.2, 0.25) is 0 Å². The van der Waals surface area contributed by atoms with Gasteiger partial charge >= 0.3 is 0 Å². The van der Waals surface area contributed by atoms with Crippen LogP contribution in [0.2, 0.25) is 0 Å². The first kappa shape index (κ1) is 21.2. The minimum absolute atomic E-state index is 0.428. The lowest BCUT2D eigenvalue weighted by Gasteiger charge is -2.35. The van der Waals surface area contributed by atoms with Crippen LogP contribution in [-0.2, 0) is 0 Å². The lowest BCUT2D eigenvalue weighted by atomic mass is 9.84. The van der Waals surface area contributed by atoms with Crippen LogP contribution in [0.15, 0.2) is 84.9 Å². The Labute approximate surface area is 201 Å². The maximum atomic E-state index is 6.16. The summed E-state index contributed by atoms with van der Waals surface area (Å²) >= 11 is 0. The van der Waals surface area contributed by atoms with Crippen molar-refractivity contribution in [2.75, 3.05) is 37.6 Å². The number of piperazine rings is 1. The van der Waals surface area contributed by atoms with Crippen LogP contribution < -0.4 is 9.64 Å². The highest BCUT2D eigenvalue weighted by atomic mass is 16.5. The maximum absolute atomic E-state index is 6.16. The highest BCUT2D eigenvalue weighted by Crippen LogP contribution is 2.45. The van der Waals surface area contributed by atoms with Gasteiger partial charge in [-0.25, -0.2) is 4.98 Å². The second-order valence-electron chi connectivity index (χ2n) is 9.42. The molecule has 3 heterocycles. The standard InChI is InChI=1S/C30H31N3O/c1-4-13-27-23(9-1)16-17-30(31-27)33-21-19-32(20-22-33)18-8-7-10-24-25-11-2-5-14-28(25)34-29-15-6-3-12-26(24)29/h1-6,9,11-17,24H,7-8,10,18-22H2. The summed E-state index contributed by atoms with van der Waals surface area (Å²) in [5.74, 6) is 3.57. The van der Waals surface area contributed by atoms with Gasteiger partial charge in [-0.2, -0.15) is 0 Å². The van der Waals surface area contributed by atoms with Gasteiger partial charge < -0.3 is 9.64 Å². The lowest BCUT2D eigenvalue weighted by Crippen LogP contribution is -2.46. The van der Waals surface area contributed by atoms with Crippen molar-refractivity contribution in [3.63, 3.8) is 0 Å². The number of nitrogens with zero attached hydrogens (tertiary/aromatic N) is 3. The second kappa shape index (κ2) is 9.47. The highest BCUT2D eigenvalue weighted by Gasteiger charge is 2.26. The van der Waals surface area contributed by atoms with Gasteiger partial charge in [0.15, 0.2) is 0 Å². The van der Waals surface area contributed by atoms with Gasteiger partial charge in [0.05, 0.1) is 5.52 Å². The Morgan fingerprint density at radius 2 is 1.38 bits per heavy atom. The van der Waals surface area contributed by atoms with Crippen molar-refractivity contribution in [3.8, 4) is 11.5 Å². The average molecular weight is 450 g/mol. The summed E-state index contributed by atoms with van der Waals surface area (Å²) in [5.41, 5.74) is 3.74. The Bertz CT molecular complexity index is 1230. The number of hydrogen-bond donors (Lipinski definition) is 0. The molecule has 0 unspecified atom stereocenters. The zero-order chi connectivity index (χ0) is 22.7. The number of benzene rings is 3. The van der Waals surface area contributed by atoms with Crippen LogP contribution in [0.3, 0.4) is 0 Å². The fraction of sp³-hybridized carbons (Fsp3) is 0.300. The molecule has 1 fully saturated rings. The topological polar surface area (TPSA) is 28.6 Å². The van der Waals surface area contributed by atoms with E-state index < -0.39 is 0 Å². The number of rotatable bonds is 6. The fourth-order valence-electron chi connectivity index (χ4n) is 5.44. The second-order valence-corrected chi connectivity index (χ2v) is 9.42. The van der Waals surface area contributed by atoms with E-state index in [2.05, 4.69) is 94.7 Å². The molecule has 0 aliphatic carbocycles. The average Bonchev–Trinajstić information content (AvgIpc) is 2.90. The number of para-hydroxylation sites is 3. The molecular weight excluding hydrogens is 418 g/mol. The third kappa shape index (κ3) is 4.26. The molecule has 2 aliphatic heterocycles. The number of pyridine rings is 1. The first-order valence-electron chi connectivity index (χ1n) is 12.5. The van der Waals surface area contributed by atoms with Crippen molar-refractivity contribution in [2.45, 2.75) is 25.2 Å². The van der Waals surface area contributed by atoms with Crippen molar-refractivity contribution in [3.05, 3.63) is 96.1 Å². The summed E-state index contributed by atoms with van der Waals surface area (Å²) in [5, 5.41) is 1.21. The monoisotopic (exact) mass is 449 g/mol. The Morgan fingerprint density at radius 1 is 0.706 bits per heavy atom. The van der Waals surface area contributed by atoms with Gasteiger partial charge in [-0.1, -0.05) is 61.0 Å². The fourth-order valence-corrected chi connectivity index (χ4v) is 5.44. The highest BCUT2D eigenvalue weighted by molar-refractivity contribution is 5.80. The zero-order valence-corrected chi connectivity index (χ0v) is 19.6. The molecule has 3 aromatic carbocycles. The first-order valence-corrected chi connectivity index (χ1v) is 12.5. The summed E-state index contributed by atoms with van der Waals surface area (Å²) in [6.07, 6.45) is 3.62. The third-order valence-electron chi connectivity index (χ3n) is 7.31. The van der Waals surface area contributed by atoms with Gasteiger partial charge in [0.25, 0.3) is 0 Å². The van der Waals surface area contributed by atoms with E-state index in [1.54, 1.807) is 0 Å². The van der Waals surface area contributed by atoms with Crippen LogP contribution in [-0.4, -0.2) is 42.6 Å². The molecule has 2 aliphatic rings. The maximum Gasteiger partial charge on any atom is 0.131 e. The van der Waals surface area contributed by atoms with Crippen molar-refractivity contribution in [1.29, 1.82) is 0 Å². The lowest BCUT2D eigenvalue weighted by molar-refractivity contribution is 0.251. The number of ether oxygens (including phenoxy) is 1. The predicted octanol–water partition coefficient (Wildman–Crippen LogP) is 6.46. The van der Waals surface area contributed by atoms with E-state index in [1.165, 1.54) is 42.3 Å². The van der Waals surface area contributed by atoms with E-state index in [0.717, 1.165) is 49.0 Å². The molecule has 0 amide bonds. The summed E-state index contributed by atoms with van der Waals surface area (Å²) in [6, 6.07) is 29.8. The van der Waals surface area contributed by atoms with E-state index in [9.17, 15) is 0 Å². The van der Waals surface area contributed by atoms with Crippen LogP contribution in [0.5, 0.6) is 11.5 Å². The quantitative estimate of drug-likeness (QED) is 0.316. The molecule has 4 aromatic rings. The van der Waals surface area contributed by atoms with Crippen LogP contribution in [0.25, 0.3) is 10.9 Å². The van der Waals surface area contributed by atoms with E-state index in [4.69, 9.17) is 9.72 Å². The van der Waals surface area contributed by atoms with Gasteiger partial charge in [-0.05, 0) is 49.7 Å². The molecule has 4 heteroatoms. The number of unbranched alkanes of at least 4 members (excludes halogenated alkanes) is 1. The predicted molar refractivity (Wildman–Crippen MR) is 139 cm³/mol. The van der Waals surface area contributed by atoms with Gasteiger partial charge in [-0.15, -0.1) is 0 Å². The smallest absolute Gasteiger partial charge is 0.131 e. The van der Waals surface area contributed by atoms with Gasteiger partial charge in [0, 0.05) is 48.6 Å². The molecule has 0 saturated carbocycles. The van der Waals surface area contributed by atoms with Crippen LogP contribution in [0, 0.1) is 0 Å². The van der Waals surface area contributed by atoms with Crippen molar-refractivity contribution in [2.24, 2.45) is 0 Å². The van der Waals surface area contributed by atoms with Crippen LogP contribution >= 0.6 is 0 Å². The Hall–Kier alpha value is -3.37. The van der Waals surface area contributed by atoms with Gasteiger partial charge in [0.1, 0.15) is 17.3 Å². The van der Waals surface area contributed by atoms with Crippen LogP contribution in [0.1, 0.15) is 36.3 Å². The summed E-state index contributed by atoms with van der Waals surface area (Å²) in [7, 11) is 0. The largest absolute Gasteiger partial charge is 0.457 e. The normalized spacial score (nSPS) is 16.2. The van der Waals surface area contributed by atoms with Crippen molar-refractivity contribution < 1.29 is 4.74 Å². The molecule has 34 heavy (non-hydrogen) atoms. The third-order valence-corrected chi connectivity index (χ3v) is 7.31. The van der Waals surface area contributed by atoms with E-state index in [-0.39, 0.29) is 0 Å². The molecule has 0 N–H and O–H groups in total. The number of hydrogen-bond acceptors (Lipinski definition) is 4. The number of fused-ring (bicyclic) bond motifs is 3. The van der Waals surface area contributed by atoms with E-state index >= 15 is 0 Å². The van der Waals surface area contributed by atoms with Crippen molar-refractivity contribution in [1.82, 2.24) is 9.88 Å². The molecule has 6 rings (SSSR count). The molecule has 0 spiro atoms. The molecule has 0 radical (unpaired) electrons. The first-order chi connectivity index (χ1) is 16.8. The van der Waals surface area contributed by atoms with Crippen molar-refractivity contribution >= 4 is 16.7 Å². The molecule has 0 atom stereocenters. The Kier molecular flexibility index (Phi) is 5.90. The molecule has 1 aromatic heterocycles.